The van der Waals surface area contributed by atoms with Crippen molar-refractivity contribution in [2.45, 2.75) is 0 Å². The Hall–Kier alpha value is -3.66. The topological polar surface area (TPSA) is 119 Å². The van der Waals surface area contributed by atoms with E-state index in [1.165, 1.54) is 31.4 Å². The maximum Gasteiger partial charge on any atom is 0.276 e. The number of aromatic nitrogens is 2. The zero-order chi connectivity index (χ0) is 21.0. The molecule has 0 aliphatic heterocycles. The molecule has 3 rings (SSSR count). The van der Waals surface area contributed by atoms with Crippen LogP contribution in [-0.2, 0) is 10.0 Å². The van der Waals surface area contributed by atoms with Crippen molar-refractivity contribution in [2.75, 3.05) is 23.4 Å². The molecule has 9 nitrogen and oxygen atoms in total. The second kappa shape index (κ2) is 8.15. The molecule has 1 amide bonds. The SMILES string of the molecule is COc1ccc(NC(=O)c2ccc(=O)n(-c3ccccc3)n2)cc1NS(C)(=O)=O. The number of hydrogen-bond donors (Lipinski definition) is 2. The highest BCUT2D eigenvalue weighted by molar-refractivity contribution is 7.92. The molecule has 0 saturated heterocycles. The molecule has 29 heavy (non-hydrogen) atoms. The lowest BCUT2D eigenvalue weighted by Gasteiger charge is -2.12. The zero-order valence-electron chi connectivity index (χ0n) is 15.6. The maximum atomic E-state index is 12.6. The lowest BCUT2D eigenvalue weighted by Crippen LogP contribution is -2.24. The molecule has 150 valence electrons. The molecule has 0 atom stereocenters. The number of rotatable bonds is 6. The molecule has 0 saturated carbocycles. The predicted molar refractivity (Wildman–Crippen MR) is 109 cm³/mol. The summed E-state index contributed by atoms with van der Waals surface area (Å²) < 4.78 is 31.6. The smallest absolute Gasteiger partial charge is 0.276 e. The van der Waals surface area contributed by atoms with Gasteiger partial charge in [-0.05, 0) is 36.4 Å². The monoisotopic (exact) mass is 414 g/mol. The minimum absolute atomic E-state index is 0.0156. The minimum Gasteiger partial charge on any atom is -0.495 e. The van der Waals surface area contributed by atoms with Crippen LogP contribution in [-0.4, -0.2) is 37.5 Å². The van der Waals surface area contributed by atoms with Gasteiger partial charge in [0, 0.05) is 11.8 Å². The Balaban J connectivity index is 1.89. The lowest BCUT2D eigenvalue weighted by atomic mass is 10.2. The largest absolute Gasteiger partial charge is 0.495 e. The summed E-state index contributed by atoms with van der Waals surface area (Å²) in [6, 6.07) is 15.8. The Bertz CT molecular complexity index is 1210. The van der Waals surface area contributed by atoms with Crippen molar-refractivity contribution in [2.24, 2.45) is 0 Å². The standard InChI is InChI=1S/C19H18N4O5S/c1-28-17-10-8-13(12-16(17)22-29(2,26)27)20-19(25)15-9-11-18(24)23(21-15)14-6-4-3-5-7-14/h3-12,22H,1-2H3,(H,20,25). The van der Waals surface area contributed by atoms with Crippen LogP contribution in [0.1, 0.15) is 10.5 Å². The van der Waals surface area contributed by atoms with Crippen molar-refractivity contribution in [3.8, 4) is 11.4 Å². The predicted octanol–water partition coefficient (Wildman–Crippen LogP) is 1.86. The number of para-hydroxylation sites is 1. The van der Waals surface area contributed by atoms with Crippen molar-refractivity contribution in [1.82, 2.24) is 9.78 Å². The van der Waals surface area contributed by atoms with Gasteiger partial charge in [-0.1, -0.05) is 18.2 Å². The summed E-state index contributed by atoms with van der Waals surface area (Å²) in [5.74, 6) is -0.269. The van der Waals surface area contributed by atoms with Gasteiger partial charge in [0.1, 0.15) is 11.4 Å². The number of sulfonamides is 1. The van der Waals surface area contributed by atoms with Gasteiger partial charge in [-0.15, -0.1) is 0 Å². The highest BCUT2D eigenvalue weighted by atomic mass is 32.2. The number of hydrogen-bond acceptors (Lipinski definition) is 6. The van der Waals surface area contributed by atoms with E-state index in [9.17, 15) is 18.0 Å². The van der Waals surface area contributed by atoms with E-state index < -0.39 is 15.9 Å². The molecule has 1 aromatic heterocycles. The number of nitrogens with one attached hydrogen (secondary N) is 2. The first-order valence-electron chi connectivity index (χ1n) is 8.40. The second-order valence-electron chi connectivity index (χ2n) is 6.05. The molecule has 10 heteroatoms. The first-order chi connectivity index (χ1) is 13.8. The Morgan fingerprint density at radius 3 is 2.45 bits per heavy atom. The molecular formula is C19H18N4O5S. The molecule has 0 radical (unpaired) electrons. The van der Waals surface area contributed by atoms with Crippen molar-refractivity contribution < 1.29 is 17.9 Å². The number of methoxy groups -OCH3 is 1. The van der Waals surface area contributed by atoms with Gasteiger partial charge in [-0.25, -0.2) is 8.42 Å². The first-order valence-corrected chi connectivity index (χ1v) is 10.3. The highest BCUT2D eigenvalue weighted by Gasteiger charge is 2.14. The Kier molecular flexibility index (Phi) is 5.64. The summed E-state index contributed by atoms with van der Waals surface area (Å²) in [5, 5.41) is 6.74. The highest BCUT2D eigenvalue weighted by Crippen LogP contribution is 2.28. The summed E-state index contributed by atoms with van der Waals surface area (Å²) in [7, 11) is -2.14. The van der Waals surface area contributed by atoms with Gasteiger partial charge < -0.3 is 10.1 Å². The van der Waals surface area contributed by atoms with Gasteiger partial charge in [0.2, 0.25) is 10.0 Å². The third kappa shape index (κ3) is 4.99. The van der Waals surface area contributed by atoms with E-state index in [2.05, 4.69) is 15.1 Å². The summed E-state index contributed by atoms with van der Waals surface area (Å²) in [6.07, 6.45) is 1.01. The first kappa shape index (κ1) is 20.1. The van der Waals surface area contributed by atoms with E-state index in [4.69, 9.17) is 4.74 Å². The van der Waals surface area contributed by atoms with Crippen LogP contribution >= 0.6 is 0 Å². The lowest BCUT2D eigenvalue weighted by molar-refractivity contribution is 0.102. The summed E-state index contributed by atoms with van der Waals surface area (Å²) >= 11 is 0. The summed E-state index contributed by atoms with van der Waals surface area (Å²) in [5.41, 5.74) is 0.659. The fourth-order valence-electron chi connectivity index (χ4n) is 2.55. The zero-order valence-corrected chi connectivity index (χ0v) is 16.4. The van der Waals surface area contributed by atoms with Gasteiger partial charge >= 0.3 is 0 Å². The molecule has 1 heterocycles. The van der Waals surface area contributed by atoms with Crippen molar-refractivity contribution in [3.63, 3.8) is 0 Å². The number of carbonyl (C=O) groups excluding carboxylic acids is 1. The van der Waals surface area contributed by atoms with Gasteiger partial charge in [0.25, 0.3) is 11.5 Å². The number of carbonyl (C=O) groups is 1. The van der Waals surface area contributed by atoms with Crippen molar-refractivity contribution in [3.05, 3.63) is 76.7 Å². The van der Waals surface area contributed by atoms with Crippen molar-refractivity contribution >= 4 is 27.3 Å². The molecule has 2 N–H and O–H groups in total. The number of anilines is 2. The average molecular weight is 414 g/mol. The number of nitrogens with zero attached hydrogens (tertiary/aromatic N) is 2. The average Bonchev–Trinajstić information content (AvgIpc) is 2.68. The molecule has 3 aromatic rings. The minimum atomic E-state index is -3.54. The third-order valence-corrected chi connectivity index (χ3v) is 4.38. The van der Waals surface area contributed by atoms with Gasteiger partial charge in [0.15, 0.2) is 0 Å². The van der Waals surface area contributed by atoms with Crippen LogP contribution in [0, 0.1) is 0 Å². The normalized spacial score (nSPS) is 11.0. The third-order valence-electron chi connectivity index (χ3n) is 3.79. The molecule has 2 aromatic carbocycles. The van der Waals surface area contributed by atoms with E-state index in [1.807, 2.05) is 0 Å². The Morgan fingerprint density at radius 2 is 1.79 bits per heavy atom. The van der Waals surface area contributed by atoms with E-state index in [0.29, 0.717) is 17.1 Å². The fourth-order valence-corrected chi connectivity index (χ4v) is 3.11. The van der Waals surface area contributed by atoms with Crippen LogP contribution in [0.4, 0.5) is 11.4 Å². The van der Waals surface area contributed by atoms with Crippen LogP contribution < -0.4 is 20.3 Å². The maximum absolute atomic E-state index is 12.6. The van der Waals surface area contributed by atoms with Crippen LogP contribution in [0.5, 0.6) is 5.75 Å². The Labute approximate surface area is 167 Å². The summed E-state index contributed by atoms with van der Waals surface area (Å²) in [6.45, 7) is 0. The van der Waals surface area contributed by atoms with Gasteiger partial charge in [-0.3, -0.25) is 14.3 Å². The van der Waals surface area contributed by atoms with Crippen LogP contribution in [0.25, 0.3) is 5.69 Å². The van der Waals surface area contributed by atoms with Crippen molar-refractivity contribution in [1.29, 1.82) is 0 Å². The fraction of sp³-hybridized carbons (Fsp3) is 0.105. The van der Waals surface area contributed by atoms with E-state index in [0.717, 1.165) is 10.9 Å². The second-order valence-corrected chi connectivity index (χ2v) is 7.80. The molecular weight excluding hydrogens is 396 g/mol. The quantitative estimate of drug-likeness (QED) is 0.635. The van der Waals surface area contributed by atoms with E-state index >= 15 is 0 Å². The summed E-state index contributed by atoms with van der Waals surface area (Å²) in [4.78, 5) is 24.7. The van der Waals surface area contributed by atoms with Crippen LogP contribution in [0.15, 0.2) is 65.5 Å². The number of amides is 1. The van der Waals surface area contributed by atoms with Gasteiger partial charge in [0.05, 0.1) is 24.7 Å². The molecule has 0 fully saturated rings. The molecule has 0 aliphatic carbocycles. The molecule has 0 aliphatic rings. The van der Waals surface area contributed by atoms with Crippen LogP contribution in [0.2, 0.25) is 0 Å². The number of ether oxygens (including phenoxy) is 1. The van der Waals surface area contributed by atoms with E-state index in [-0.39, 0.29) is 16.9 Å². The molecule has 0 unspecified atom stereocenters. The molecule has 0 bridgehead atoms. The number of benzene rings is 2. The Morgan fingerprint density at radius 1 is 1.07 bits per heavy atom. The van der Waals surface area contributed by atoms with E-state index in [1.54, 1.807) is 36.4 Å². The molecule has 0 spiro atoms. The van der Waals surface area contributed by atoms with Crippen LogP contribution in [0.3, 0.4) is 0 Å². The van der Waals surface area contributed by atoms with Gasteiger partial charge in [-0.2, -0.15) is 9.78 Å².